The number of hydrogen-bond donors (Lipinski definition) is 1. The molecule has 1 aliphatic rings. The molecule has 0 aliphatic carbocycles. The fourth-order valence-corrected chi connectivity index (χ4v) is 3.64. The molecule has 2 aromatic rings. The molecule has 146 valence electrons. The Labute approximate surface area is 169 Å². The number of benzene rings is 1. The highest BCUT2D eigenvalue weighted by molar-refractivity contribution is 6.33. The Morgan fingerprint density at radius 1 is 1.19 bits per heavy atom. The molecule has 1 aromatic carbocycles. The van der Waals surface area contributed by atoms with Crippen LogP contribution in [-0.4, -0.2) is 53.1 Å². The van der Waals surface area contributed by atoms with Crippen molar-refractivity contribution in [1.82, 2.24) is 14.7 Å². The number of nitrogens with one attached hydrogen (secondary N) is 1. The van der Waals surface area contributed by atoms with Gasteiger partial charge in [0.1, 0.15) is 5.02 Å². The molecule has 2 atom stereocenters. The zero-order valence-electron chi connectivity index (χ0n) is 15.5. The van der Waals surface area contributed by atoms with Crippen molar-refractivity contribution in [3.63, 3.8) is 0 Å². The number of morpholine rings is 1. The molecule has 1 aliphatic heterocycles. The number of ether oxygens (including phenoxy) is 1. The zero-order chi connectivity index (χ0) is 19.4. The first kappa shape index (κ1) is 20.1. The van der Waals surface area contributed by atoms with Crippen molar-refractivity contribution in [2.75, 3.05) is 31.5 Å². The normalized spacial score (nSPS) is 20.6. The van der Waals surface area contributed by atoms with Gasteiger partial charge in [0.25, 0.3) is 5.56 Å². The lowest BCUT2D eigenvalue weighted by atomic mass is 10.2. The van der Waals surface area contributed by atoms with Crippen LogP contribution in [-0.2, 0) is 4.74 Å². The highest BCUT2D eigenvalue weighted by Crippen LogP contribution is 2.18. The molecule has 0 spiro atoms. The van der Waals surface area contributed by atoms with Crippen LogP contribution in [0.3, 0.4) is 0 Å². The number of anilines is 1. The van der Waals surface area contributed by atoms with Crippen molar-refractivity contribution in [2.45, 2.75) is 32.5 Å². The Balaban J connectivity index is 1.57. The van der Waals surface area contributed by atoms with Crippen LogP contribution in [0, 0.1) is 0 Å². The predicted octanol–water partition coefficient (Wildman–Crippen LogP) is 3.45. The van der Waals surface area contributed by atoms with Gasteiger partial charge in [-0.3, -0.25) is 9.69 Å². The standard InChI is InChI=1S/C19H24Cl2N4O2/c1-13-11-24(12-14(2)27-13)9-3-8-22-17-10-23-25(19(26)18(17)21)16-6-4-15(20)5-7-16/h4-7,10,13-14,22H,3,8-9,11-12H2,1-2H3. The van der Waals surface area contributed by atoms with Gasteiger partial charge < -0.3 is 10.1 Å². The predicted molar refractivity (Wildman–Crippen MR) is 109 cm³/mol. The summed E-state index contributed by atoms with van der Waals surface area (Å²) in [5.41, 5.74) is 0.809. The number of halogens is 2. The zero-order valence-corrected chi connectivity index (χ0v) is 17.0. The number of aromatic nitrogens is 2. The van der Waals surface area contributed by atoms with Crippen LogP contribution in [0.5, 0.6) is 0 Å². The van der Waals surface area contributed by atoms with E-state index in [4.69, 9.17) is 27.9 Å². The molecular weight excluding hydrogens is 387 g/mol. The van der Waals surface area contributed by atoms with Crippen LogP contribution in [0.4, 0.5) is 5.69 Å². The van der Waals surface area contributed by atoms with Crippen LogP contribution in [0.1, 0.15) is 20.3 Å². The van der Waals surface area contributed by atoms with Crippen LogP contribution >= 0.6 is 23.2 Å². The highest BCUT2D eigenvalue weighted by atomic mass is 35.5. The third kappa shape index (κ3) is 5.23. The fraction of sp³-hybridized carbons (Fsp3) is 0.474. The maximum atomic E-state index is 12.5. The molecule has 0 bridgehead atoms. The van der Waals surface area contributed by atoms with Gasteiger partial charge in [-0.05, 0) is 44.5 Å². The summed E-state index contributed by atoms with van der Waals surface area (Å²) >= 11 is 12.1. The number of hydrogen-bond acceptors (Lipinski definition) is 5. The number of rotatable bonds is 6. The molecule has 1 fully saturated rings. The van der Waals surface area contributed by atoms with Gasteiger partial charge in [-0.25, -0.2) is 0 Å². The first-order valence-corrected chi connectivity index (χ1v) is 9.85. The Kier molecular flexibility index (Phi) is 6.76. The molecule has 0 saturated carbocycles. The summed E-state index contributed by atoms with van der Waals surface area (Å²) in [5.74, 6) is 0. The van der Waals surface area contributed by atoms with Gasteiger partial charge in [0.2, 0.25) is 0 Å². The number of nitrogens with zero attached hydrogens (tertiary/aromatic N) is 3. The second-order valence-electron chi connectivity index (χ2n) is 6.86. The van der Waals surface area contributed by atoms with Crippen LogP contribution in [0.2, 0.25) is 10.0 Å². The fourth-order valence-electron chi connectivity index (χ4n) is 3.31. The minimum absolute atomic E-state index is 0.133. The molecule has 1 N–H and O–H groups in total. The third-order valence-corrected chi connectivity index (χ3v) is 5.07. The molecule has 3 rings (SSSR count). The largest absolute Gasteiger partial charge is 0.382 e. The van der Waals surface area contributed by atoms with E-state index in [1.807, 2.05) is 0 Å². The van der Waals surface area contributed by atoms with Crippen molar-refractivity contribution < 1.29 is 4.74 Å². The van der Waals surface area contributed by atoms with Crippen molar-refractivity contribution in [2.24, 2.45) is 0 Å². The molecule has 0 radical (unpaired) electrons. The summed E-state index contributed by atoms with van der Waals surface area (Å²) in [6, 6.07) is 6.87. The van der Waals surface area contributed by atoms with Crippen molar-refractivity contribution in [3.8, 4) is 5.69 Å². The molecule has 6 nitrogen and oxygen atoms in total. The van der Waals surface area contributed by atoms with Crippen LogP contribution in [0.15, 0.2) is 35.3 Å². The summed E-state index contributed by atoms with van der Waals surface area (Å²) in [7, 11) is 0. The van der Waals surface area contributed by atoms with E-state index >= 15 is 0 Å². The van der Waals surface area contributed by atoms with E-state index in [9.17, 15) is 4.79 Å². The Hall–Kier alpha value is -1.60. The highest BCUT2D eigenvalue weighted by Gasteiger charge is 2.21. The van der Waals surface area contributed by atoms with Crippen LogP contribution < -0.4 is 10.9 Å². The lowest BCUT2D eigenvalue weighted by Crippen LogP contribution is -2.45. The topological polar surface area (TPSA) is 59.4 Å². The molecular formula is C19H24Cl2N4O2. The van der Waals surface area contributed by atoms with Crippen LogP contribution in [0.25, 0.3) is 5.69 Å². The van der Waals surface area contributed by atoms with Gasteiger partial charge in [-0.15, -0.1) is 0 Å². The molecule has 0 amide bonds. The molecule has 27 heavy (non-hydrogen) atoms. The third-order valence-electron chi connectivity index (χ3n) is 4.45. The second-order valence-corrected chi connectivity index (χ2v) is 7.68. The molecule has 1 saturated heterocycles. The lowest BCUT2D eigenvalue weighted by Gasteiger charge is -2.35. The summed E-state index contributed by atoms with van der Waals surface area (Å²) in [6.07, 6.45) is 3.05. The maximum Gasteiger partial charge on any atom is 0.292 e. The molecule has 8 heteroatoms. The van der Waals surface area contributed by atoms with Crippen molar-refractivity contribution in [3.05, 3.63) is 50.9 Å². The van der Waals surface area contributed by atoms with Crippen molar-refractivity contribution in [1.29, 1.82) is 0 Å². The monoisotopic (exact) mass is 410 g/mol. The first-order valence-electron chi connectivity index (χ1n) is 9.09. The average Bonchev–Trinajstić information content (AvgIpc) is 2.62. The SMILES string of the molecule is CC1CN(CCCNc2cnn(-c3ccc(Cl)cc3)c(=O)c2Cl)CC(C)O1. The Morgan fingerprint density at radius 2 is 1.85 bits per heavy atom. The summed E-state index contributed by atoms with van der Waals surface area (Å²) < 4.78 is 7.01. The summed E-state index contributed by atoms with van der Waals surface area (Å²) in [6.45, 7) is 7.78. The van der Waals surface area contributed by atoms with Gasteiger partial charge in [-0.2, -0.15) is 9.78 Å². The first-order chi connectivity index (χ1) is 12.9. The molecule has 2 unspecified atom stereocenters. The van der Waals surface area contributed by atoms with E-state index in [-0.39, 0.29) is 22.8 Å². The van der Waals surface area contributed by atoms with E-state index in [0.29, 0.717) is 22.9 Å². The smallest absolute Gasteiger partial charge is 0.292 e. The van der Waals surface area contributed by atoms with Gasteiger partial charge >= 0.3 is 0 Å². The Bertz CT molecular complexity index is 815. The summed E-state index contributed by atoms with van der Waals surface area (Å²) in [5, 5.41) is 8.16. The quantitative estimate of drug-likeness (QED) is 0.738. The molecule has 2 heterocycles. The summed E-state index contributed by atoms with van der Waals surface area (Å²) in [4.78, 5) is 14.9. The minimum Gasteiger partial charge on any atom is -0.382 e. The molecule has 1 aromatic heterocycles. The van der Waals surface area contributed by atoms with Gasteiger partial charge in [0.15, 0.2) is 0 Å². The maximum absolute atomic E-state index is 12.5. The van der Waals surface area contributed by atoms with E-state index in [1.165, 1.54) is 4.68 Å². The van der Waals surface area contributed by atoms with E-state index in [1.54, 1.807) is 30.5 Å². The van der Waals surface area contributed by atoms with E-state index < -0.39 is 0 Å². The average molecular weight is 411 g/mol. The second kappa shape index (κ2) is 9.06. The minimum atomic E-state index is -0.361. The van der Waals surface area contributed by atoms with Crippen molar-refractivity contribution >= 4 is 28.9 Å². The van der Waals surface area contributed by atoms with Gasteiger partial charge in [0, 0.05) is 31.2 Å². The van der Waals surface area contributed by atoms with E-state index in [2.05, 4.69) is 29.2 Å². The van der Waals surface area contributed by atoms with Gasteiger partial charge in [-0.1, -0.05) is 23.2 Å². The van der Waals surface area contributed by atoms with Gasteiger partial charge in [0.05, 0.1) is 29.8 Å². The van der Waals surface area contributed by atoms with E-state index in [0.717, 1.165) is 26.1 Å². The lowest BCUT2D eigenvalue weighted by molar-refractivity contribution is -0.0678. The Morgan fingerprint density at radius 3 is 2.52 bits per heavy atom.